The molecule has 1 N–H and O–H groups in total. The van der Waals surface area contributed by atoms with Crippen molar-refractivity contribution in [2.24, 2.45) is 0 Å². The Balaban J connectivity index is 1.90. The fourth-order valence-electron chi connectivity index (χ4n) is 2.48. The summed E-state index contributed by atoms with van der Waals surface area (Å²) in [6.45, 7) is 3.89. The van der Waals surface area contributed by atoms with Gasteiger partial charge in [-0.25, -0.2) is 9.50 Å². The van der Waals surface area contributed by atoms with Gasteiger partial charge >= 0.3 is 0 Å². The van der Waals surface area contributed by atoms with E-state index in [1.54, 1.807) is 6.07 Å². The van der Waals surface area contributed by atoms with Gasteiger partial charge in [0.05, 0.1) is 12.2 Å². The van der Waals surface area contributed by atoms with E-state index in [1.165, 1.54) is 10.7 Å². The SMILES string of the molecule is CCC(NC(=O)c1cnc2cc(C)c(Cl)nn12)c1ccccc1. The van der Waals surface area contributed by atoms with Crippen LogP contribution < -0.4 is 5.32 Å². The first-order valence-corrected chi connectivity index (χ1v) is 7.84. The van der Waals surface area contributed by atoms with E-state index >= 15 is 0 Å². The highest BCUT2D eigenvalue weighted by Crippen LogP contribution is 2.18. The first-order valence-electron chi connectivity index (χ1n) is 7.47. The lowest BCUT2D eigenvalue weighted by molar-refractivity contribution is 0.0928. The van der Waals surface area contributed by atoms with Gasteiger partial charge in [0.2, 0.25) is 0 Å². The number of carbonyl (C=O) groups excluding carboxylic acids is 1. The molecule has 3 rings (SSSR count). The average Bonchev–Trinajstić information content (AvgIpc) is 2.96. The van der Waals surface area contributed by atoms with Gasteiger partial charge in [0.15, 0.2) is 16.5 Å². The van der Waals surface area contributed by atoms with Gasteiger partial charge in [-0.3, -0.25) is 4.79 Å². The van der Waals surface area contributed by atoms with Crippen LogP contribution in [0.3, 0.4) is 0 Å². The molecule has 0 aliphatic heterocycles. The normalized spacial score (nSPS) is 12.3. The third-order valence-electron chi connectivity index (χ3n) is 3.77. The van der Waals surface area contributed by atoms with Crippen molar-refractivity contribution in [3.8, 4) is 0 Å². The number of imidazole rings is 1. The predicted octanol–water partition coefficient (Wildman–Crippen LogP) is 3.57. The average molecular weight is 329 g/mol. The number of hydrogen-bond donors (Lipinski definition) is 1. The van der Waals surface area contributed by atoms with Gasteiger partial charge in [0.25, 0.3) is 5.91 Å². The number of halogens is 1. The molecule has 6 heteroatoms. The Bertz CT molecular complexity index is 844. The summed E-state index contributed by atoms with van der Waals surface area (Å²) in [6.07, 6.45) is 2.31. The van der Waals surface area contributed by atoms with Crippen LogP contribution in [0, 0.1) is 6.92 Å². The van der Waals surface area contributed by atoms with Crippen LogP contribution in [0.1, 0.15) is 41.0 Å². The summed E-state index contributed by atoms with van der Waals surface area (Å²) in [5.74, 6) is -0.222. The van der Waals surface area contributed by atoms with E-state index in [4.69, 9.17) is 11.6 Å². The highest BCUT2D eigenvalue weighted by molar-refractivity contribution is 6.30. The molecule has 0 fully saturated rings. The lowest BCUT2D eigenvalue weighted by Gasteiger charge is -2.17. The minimum Gasteiger partial charge on any atom is -0.344 e. The molecule has 0 saturated carbocycles. The van der Waals surface area contributed by atoms with Crippen LogP contribution in [-0.2, 0) is 0 Å². The largest absolute Gasteiger partial charge is 0.344 e. The van der Waals surface area contributed by atoms with Crippen LogP contribution in [0.15, 0.2) is 42.6 Å². The Morgan fingerprint density at radius 3 is 2.78 bits per heavy atom. The number of benzene rings is 1. The van der Waals surface area contributed by atoms with Crippen molar-refractivity contribution in [1.29, 1.82) is 0 Å². The molecule has 1 amide bonds. The van der Waals surface area contributed by atoms with E-state index in [1.807, 2.05) is 44.2 Å². The highest BCUT2D eigenvalue weighted by Gasteiger charge is 2.18. The Morgan fingerprint density at radius 2 is 2.09 bits per heavy atom. The molecular weight excluding hydrogens is 312 g/mol. The maximum Gasteiger partial charge on any atom is 0.272 e. The Hall–Kier alpha value is -2.40. The van der Waals surface area contributed by atoms with Gasteiger partial charge in [-0.05, 0) is 30.5 Å². The summed E-state index contributed by atoms with van der Waals surface area (Å²) < 4.78 is 1.47. The van der Waals surface area contributed by atoms with Crippen molar-refractivity contribution in [3.05, 3.63) is 64.6 Å². The summed E-state index contributed by atoms with van der Waals surface area (Å²) in [5.41, 5.74) is 2.87. The van der Waals surface area contributed by atoms with E-state index in [0.29, 0.717) is 16.5 Å². The van der Waals surface area contributed by atoms with E-state index < -0.39 is 0 Å². The molecule has 0 aliphatic rings. The lowest BCUT2D eigenvalue weighted by Crippen LogP contribution is -2.29. The van der Waals surface area contributed by atoms with Crippen molar-refractivity contribution in [2.75, 3.05) is 0 Å². The van der Waals surface area contributed by atoms with E-state index in [9.17, 15) is 4.79 Å². The van der Waals surface area contributed by atoms with Gasteiger partial charge in [-0.1, -0.05) is 48.9 Å². The fourth-order valence-corrected chi connectivity index (χ4v) is 2.61. The second-order valence-electron chi connectivity index (χ2n) is 5.38. The Morgan fingerprint density at radius 1 is 1.35 bits per heavy atom. The summed E-state index contributed by atoms with van der Waals surface area (Å²) in [7, 11) is 0. The van der Waals surface area contributed by atoms with E-state index in [0.717, 1.165) is 17.5 Å². The molecule has 5 nitrogen and oxygen atoms in total. The molecule has 2 aromatic heterocycles. The molecule has 0 bridgehead atoms. The molecule has 1 unspecified atom stereocenters. The molecule has 0 saturated heterocycles. The van der Waals surface area contributed by atoms with Crippen LogP contribution in [0.25, 0.3) is 5.65 Å². The van der Waals surface area contributed by atoms with Gasteiger partial charge in [0.1, 0.15) is 0 Å². The molecule has 118 valence electrons. The van der Waals surface area contributed by atoms with Crippen LogP contribution >= 0.6 is 11.6 Å². The number of fused-ring (bicyclic) bond motifs is 1. The number of aryl methyl sites for hydroxylation is 1. The molecule has 2 heterocycles. The predicted molar refractivity (Wildman–Crippen MR) is 89.7 cm³/mol. The molecular formula is C17H17ClN4O. The number of nitrogens with zero attached hydrogens (tertiary/aromatic N) is 3. The molecule has 0 aliphatic carbocycles. The van der Waals surface area contributed by atoms with E-state index in [2.05, 4.69) is 15.4 Å². The summed E-state index contributed by atoms with van der Waals surface area (Å²) in [4.78, 5) is 16.8. The first-order chi connectivity index (χ1) is 11.1. The number of hydrogen-bond acceptors (Lipinski definition) is 3. The number of carbonyl (C=O) groups is 1. The second kappa shape index (κ2) is 6.38. The minimum absolute atomic E-state index is 0.0600. The standard InChI is InChI=1S/C17H17ClN4O/c1-3-13(12-7-5-4-6-8-12)20-17(23)14-10-19-15-9-11(2)16(18)21-22(14)15/h4-10,13H,3H2,1-2H3,(H,20,23). The smallest absolute Gasteiger partial charge is 0.272 e. The molecule has 3 aromatic rings. The van der Waals surface area contributed by atoms with Gasteiger partial charge in [0, 0.05) is 0 Å². The number of amides is 1. The van der Waals surface area contributed by atoms with Crippen LogP contribution in [0.2, 0.25) is 5.15 Å². The lowest BCUT2D eigenvalue weighted by atomic mass is 10.0. The third kappa shape index (κ3) is 3.05. The zero-order chi connectivity index (χ0) is 16.4. The topological polar surface area (TPSA) is 59.3 Å². The second-order valence-corrected chi connectivity index (χ2v) is 5.73. The molecule has 1 aromatic carbocycles. The summed E-state index contributed by atoms with van der Waals surface area (Å²) >= 11 is 6.06. The van der Waals surface area contributed by atoms with Crippen molar-refractivity contribution in [1.82, 2.24) is 19.9 Å². The molecule has 23 heavy (non-hydrogen) atoms. The van der Waals surface area contributed by atoms with Gasteiger partial charge in [-0.2, -0.15) is 5.10 Å². The van der Waals surface area contributed by atoms with Crippen LogP contribution in [-0.4, -0.2) is 20.5 Å². The van der Waals surface area contributed by atoms with Gasteiger partial charge in [-0.15, -0.1) is 0 Å². The molecule has 0 spiro atoms. The van der Waals surface area contributed by atoms with Crippen LogP contribution in [0.4, 0.5) is 0 Å². The quantitative estimate of drug-likeness (QED) is 0.796. The van der Waals surface area contributed by atoms with E-state index in [-0.39, 0.29) is 11.9 Å². The van der Waals surface area contributed by atoms with Crippen molar-refractivity contribution in [2.45, 2.75) is 26.3 Å². The zero-order valence-electron chi connectivity index (χ0n) is 13.0. The van der Waals surface area contributed by atoms with Crippen molar-refractivity contribution >= 4 is 23.2 Å². The fraction of sp³-hybridized carbons (Fsp3) is 0.235. The number of nitrogens with one attached hydrogen (secondary N) is 1. The monoisotopic (exact) mass is 328 g/mol. The molecule has 0 radical (unpaired) electrons. The van der Waals surface area contributed by atoms with Crippen molar-refractivity contribution < 1.29 is 4.79 Å². The van der Waals surface area contributed by atoms with Gasteiger partial charge < -0.3 is 5.32 Å². The summed E-state index contributed by atoms with van der Waals surface area (Å²) in [5, 5.41) is 7.61. The minimum atomic E-state index is -0.222. The number of rotatable bonds is 4. The third-order valence-corrected chi connectivity index (χ3v) is 4.14. The van der Waals surface area contributed by atoms with Crippen LogP contribution in [0.5, 0.6) is 0 Å². The maximum absolute atomic E-state index is 12.6. The Kier molecular flexibility index (Phi) is 4.30. The number of aromatic nitrogens is 3. The highest BCUT2D eigenvalue weighted by atomic mass is 35.5. The van der Waals surface area contributed by atoms with Crippen molar-refractivity contribution in [3.63, 3.8) is 0 Å². The molecule has 1 atom stereocenters. The zero-order valence-corrected chi connectivity index (χ0v) is 13.7. The first kappa shape index (κ1) is 15.5. The summed E-state index contributed by atoms with van der Waals surface area (Å²) in [6, 6.07) is 11.6. The maximum atomic E-state index is 12.6. The Labute approximate surface area is 139 Å².